The first-order chi connectivity index (χ1) is 14.5. The van der Waals surface area contributed by atoms with Crippen molar-refractivity contribution in [2.45, 2.75) is 0 Å². The summed E-state index contributed by atoms with van der Waals surface area (Å²) in [5.41, 5.74) is 5.45. The van der Waals surface area contributed by atoms with E-state index in [9.17, 15) is 18.8 Å². The molecule has 0 atom stereocenters. The van der Waals surface area contributed by atoms with Gasteiger partial charge in [-0.2, -0.15) is 0 Å². The van der Waals surface area contributed by atoms with E-state index in [1.165, 1.54) is 18.2 Å². The Morgan fingerprint density at radius 1 is 0.767 bits per heavy atom. The number of hydrogen-bond acceptors (Lipinski definition) is 5. The van der Waals surface area contributed by atoms with E-state index in [2.05, 4.69) is 16.2 Å². The number of anilines is 2. The zero-order chi connectivity index (χ0) is 21.3. The van der Waals surface area contributed by atoms with Crippen molar-refractivity contribution in [2.75, 3.05) is 11.9 Å². The second-order valence-corrected chi connectivity index (χ2v) is 6.09. The Balaban J connectivity index is 1.54. The number of esters is 1. The lowest BCUT2D eigenvalue weighted by Crippen LogP contribution is -2.43. The molecule has 0 aliphatic rings. The number of rotatable bonds is 6. The fourth-order valence-electron chi connectivity index (χ4n) is 2.53. The Morgan fingerprint density at radius 2 is 1.40 bits per heavy atom. The van der Waals surface area contributed by atoms with Crippen molar-refractivity contribution in [1.29, 1.82) is 0 Å². The predicted octanol–water partition coefficient (Wildman–Crippen LogP) is 3.19. The highest BCUT2D eigenvalue weighted by atomic mass is 19.1. The predicted molar refractivity (Wildman–Crippen MR) is 108 cm³/mol. The smallest absolute Gasteiger partial charge is 0.340 e. The number of hydrogen-bond donors (Lipinski definition) is 3. The van der Waals surface area contributed by atoms with Crippen LogP contribution in [0.4, 0.5) is 15.8 Å². The summed E-state index contributed by atoms with van der Waals surface area (Å²) in [5, 5.41) is 3.11. The summed E-state index contributed by atoms with van der Waals surface area (Å²) in [4.78, 5) is 36.1. The molecule has 0 saturated carbocycles. The van der Waals surface area contributed by atoms with Gasteiger partial charge in [0.2, 0.25) is 0 Å². The molecule has 0 saturated heterocycles. The third kappa shape index (κ3) is 5.41. The van der Waals surface area contributed by atoms with Crippen molar-refractivity contribution >= 4 is 29.2 Å². The average Bonchev–Trinajstić information content (AvgIpc) is 2.77. The van der Waals surface area contributed by atoms with E-state index in [4.69, 9.17) is 4.74 Å². The van der Waals surface area contributed by atoms with Crippen molar-refractivity contribution in [3.8, 4) is 0 Å². The summed E-state index contributed by atoms with van der Waals surface area (Å²) >= 11 is 0. The minimum atomic E-state index is -0.829. The molecule has 152 valence electrons. The first kappa shape index (κ1) is 20.5. The quantitative estimate of drug-likeness (QED) is 0.431. The zero-order valence-corrected chi connectivity index (χ0v) is 15.7. The number of halogens is 1. The topological polar surface area (TPSA) is 96.5 Å². The zero-order valence-electron chi connectivity index (χ0n) is 15.7. The van der Waals surface area contributed by atoms with E-state index in [1.807, 2.05) is 30.3 Å². The van der Waals surface area contributed by atoms with Crippen LogP contribution in [0.3, 0.4) is 0 Å². The standard InChI is InChI=1S/C22H18FN3O4/c23-18-12-6-4-10-16(18)21(28)26-25-20(27)14-30-22(29)17-11-5-7-13-19(17)24-15-8-2-1-3-9-15/h1-13,24H,14H2,(H,25,27)(H,26,28). The fraction of sp³-hybridized carbons (Fsp3) is 0.0455. The van der Waals surface area contributed by atoms with Crippen LogP contribution < -0.4 is 16.2 Å². The van der Waals surface area contributed by atoms with Gasteiger partial charge in [-0.25, -0.2) is 9.18 Å². The Labute approximate surface area is 171 Å². The summed E-state index contributed by atoms with van der Waals surface area (Å²) in [7, 11) is 0. The molecule has 30 heavy (non-hydrogen) atoms. The summed E-state index contributed by atoms with van der Waals surface area (Å²) in [5.74, 6) is -3.05. The van der Waals surface area contributed by atoms with Gasteiger partial charge < -0.3 is 10.1 Å². The van der Waals surface area contributed by atoms with E-state index in [1.54, 1.807) is 24.3 Å². The van der Waals surface area contributed by atoms with Gasteiger partial charge in [0.1, 0.15) is 5.82 Å². The van der Waals surface area contributed by atoms with Crippen molar-refractivity contribution in [3.05, 3.63) is 95.8 Å². The molecular formula is C22H18FN3O4. The molecule has 0 aliphatic heterocycles. The Kier molecular flexibility index (Phi) is 6.73. The summed E-state index contributed by atoms with van der Waals surface area (Å²) < 4.78 is 18.6. The number of amides is 2. The van der Waals surface area contributed by atoms with Gasteiger partial charge in [-0.3, -0.25) is 20.4 Å². The molecule has 0 aromatic heterocycles. The van der Waals surface area contributed by atoms with Gasteiger partial charge >= 0.3 is 5.97 Å². The number of hydrazine groups is 1. The van der Waals surface area contributed by atoms with Gasteiger partial charge in [0.15, 0.2) is 6.61 Å². The number of ether oxygens (including phenoxy) is 1. The molecule has 3 N–H and O–H groups in total. The molecule has 8 heteroatoms. The molecule has 0 bridgehead atoms. The maximum atomic E-state index is 13.6. The number of nitrogens with one attached hydrogen (secondary N) is 3. The second-order valence-electron chi connectivity index (χ2n) is 6.09. The van der Waals surface area contributed by atoms with Crippen LogP contribution in [-0.2, 0) is 9.53 Å². The monoisotopic (exact) mass is 407 g/mol. The van der Waals surface area contributed by atoms with Gasteiger partial charge in [-0.1, -0.05) is 42.5 Å². The summed E-state index contributed by atoms with van der Waals surface area (Å²) in [6.07, 6.45) is 0. The molecule has 0 radical (unpaired) electrons. The van der Waals surface area contributed by atoms with Crippen LogP contribution in [0.1, 0.15) is 20.7 Å². The Bertz CT molecular complexity index is 1060. The van der Waals surface area contributed by atoms with Crippen LogP contribution in [0.15, 0.2) is 78.9 Å². The normalized spacial score (nSPS) is 10.0. The molecule has 3 rings (SSSR count). The van der Waals surface area contributed by atoms with E-state index >= 15 is 0 Å². The summed E-state index contributed by atoms with van der Waals surface area (Å²) in [6.45, 7) is -0.629. The van der Waals surface area contributed by atoms with E-state index in [0.717, 1.165) is 11.8 Å². The SMILES string of the molecule is O=C(COC(=O)c1ccccc1Nc1ccccc1)NNC(=O)c1ccccc1F. The van der Waals surface area contributed by atoms with Crippen LogP contribution in [-0.4, -0.2) is 24.4 Å². The lowest BCUT2D eigenvalue weighted by molar-refractivity contribution is -0.125. The summed E-state index contributed by atoms with van der Waals surface area (Å²) in [6, 6.07) is 21.3. The van der Waals surface area contributed by atoms with Crippen molar-refractivity contribution in [2.24, 2.45) is 0 Å². The average molecular weight is 407 g/mol. The molecule has 0 heterocycles. The third-order valence-electron chi connectivity index (χ3n) is 3.97. The van der Waals surface area contributed by atoms with E-state index in [0.29, 0.717) is 5.69 Å². The minimum absolute atomic E-state index is 0.226. The molecule has 7 nitrogen and oxygen atoms in total. The fourth-order valence-corrected chi connectivity index (χ4v) is 2.53. The third-order valence-corrected chi connectivity index (χ3v) is 3.97. The van der Waals surface area contributed by atoms with Crippen LogP contribution in [0, 0.1) is 5.82 Å². The van der Waals surface area contributed by atoms with Gasteiger partial charge in [-0.15, -0.1) is 0 Å². The van der Waals surface area contributed by atoms with Crippen LogP contribution in [0.2, 0.25) is 0 Å². The number of carbonyl (C=O) groups is 3. The Morgan fingerprint density at radius 3 is 2.13 bits per heavy atom. The lowest BCUT2D eigenvalue weighted by atomic mass is 10.1. The highest BCUT2D eigenvalue weighted by Crippen LogP contribution is 2.21. The van der Waals surface area contributed by atoms with E-state index in [-0.39, 0.29) is 11.1 Å². The second kappa shape index (κ2) is 9.83. The number of carbonyl (C=O) groups excluding carboxylic acids is 3. The number of benzene rings is 3. The van der Waals surface area contributed by atoms with Crippen molar-refractivity contribution in [1.82, 2.24) is 10.9 Å². The number of para-hydroxylation sites is 2. The highest BCUT2D eigenvalue weighted by Gasteiger charge is 2.16. The van der Waals surface area contributed by atoms with Crippen molar-refractivity contribution in [3.63, 3.8) is 0 Å². The molecular weight excluding hydrogens is 389 g/mol. The maximum absolute atomic E-state index is 13.6. The van der Waals surface area contributed by atoms with Gasteiger partial charge in [0.25, 0.3) is 11.8 Å². The molecule has 2 amide bonds. The molecule has 3 aromatic rings. The van der Waals surface area contributed by atoms with Gasteiger partial charge in [0, 0.05) is 5.69 Å². The van der Waals surface area contributed by atoms with Crippen LogP contribution in [0.5, 0.6) is 0 Å². The van der Waals surface area contributed by atoms with Crippen LogP contribution >= 0.6 is 0 Å². The molecule has 0 aliphatic carbocycles. The first-order valence-corrected chi connectivity index (χ1v) is 8.96. The van der Waals surface area contributed by atoms with Gasteiger partial charge in [0.05, 0.1) is 16.8 Å². The maximum Gasteiger partial charge on any atom is 0.340 e. The highest BCUT2D eigenvalue weighted by molar-refractivity contribution is 5.98. The first-order valence-electron chi connectivity index (χ1n) is 8.96. The molecule has 0 fully saturated rings. The molecule has 0 spiro atoms. The largest absolute Gasteiger partial charge is 0.452 e. The lowest BCUT2D eigenvalue weighted by Gasteiger charge is -2.12. The molecule has 3 aromatic carbocycles. The minimum Gasteiger partial charge on any atom is -0.452 e. The van der Waals surface area contributed by atoms with Gasteiger partial charge in [-0.05, 0) is 36.4 Å². The molecule has 0 unspecified atom stereocenters. The van der Waals surface area contributed by atoms with E-state index < -0.39 is 30.2 Å². The Hall–Kier alpha value is -4.20. The van der Waals surface area contributed by atoms with Crippen molar-refractivity contribution < 1.29 is 23.5 Å². The van der Waals surface area contributed by atoms with Crippen LogP contribution in [0.25, 0.3) is 0 Å².